The van der Waals surface area contributed by atoms with Crippen molar-refractivity contribution in [3.05, 3.63) is 45.9 Å². The summed E-state index contributed by atoms with van der Waals surface area (Å²) in [6.45, 7) is 0.517. The van der Waals surface area contributed by atoms with E-state index >= 15 is 0 Å². The van der Waals surface area contributed by atoms with E-state index in [1.165, 1.54) is 11.3 Å². The van der Waals surface area contributed by atoms with Crippen LogP contribution in [0, 0.1) is 0 Å². The molecular formula is C14H16ClN3OS. The van der Waals surface area contributed by atoms with Gasteiger partial charge in [0.15, 0.2) is 5.13 Å². The van der Waals surface area contributed by atoms with Crippen LogP contribution in [0.25, 0.3) is 0 Å². The smallest absolute Gasteiger partial charge is 0.226 e. The fourth-order valence-corrected chi connectivity index (χ4v) is 2.78. The molecule has 1 heterocycles. The summed E-state index contributed by atoms with van der Waals surface area (Å²) in [6, 6.07) is 7.72. The predicted molar refractivity (Wildman–Crippen MR) is 83.3 cm³/mol. The van der Waals surface area contributed by atoms with Gasteiger partial charge in [0.25, 0.3) is 0 Å². The van der Waals surface area contributed by atoms with Crippen molar-refractivity contribution >= 4 is 34.0 Å². The normalized spacial score (nSPS) is 10.5. The number of hydrogen-bond donors (Lipinski definition) is 2. The molecule has 0 saturated heterocycles. The predicted octanol–water partition coefficient (Wildman–Crippen LogP) is 3.06. The van der Waals surface area contributed by atoms with Crippen molar-refractivity contribution < 1.29 is 4.79 Å². The second kappa shape index (κ2) is 7.38. The number of rotatable bonds is 6. The maximum atomic E-state index is 11.6. The lowest BCUT2D eigenvalue weighted by Gasteiger charge is -2.01. The number of nitrogens with zero attached hydrogens (tertiary/aromatic N) is 1. The monoisotopic (exact) mass is 309 g/mol. The summed E-state index contributed by atoms with van der Waals surface area (Å²) in [4.78, 5) is 16.8. The Balaban J connectivity index is 1.96. The minimum absolute atomic E-state index is 0.0471. The number of halogens is 1. The lowest BCUT2D eigenvalue weighted by Crippen LogP contribution is -2.13. The lowest BCUT2D eigenvalue weighted by molar-refractivity contribution is -0.116. The Bertz CT molecular complexity index is 585. The van der Waals surface area contributed by atoms with Crippen LogP contribution in [-0.2, 0) is 11.2 Å². The number of thiazole rings is 1. The molecule has 0 saturated carbocycles. The first kappa shape index (κ1) is 15.0. The van der Waals surface area contributed by atoms with Crippen LogP contribution in [0.1, 0.15) is 23.3 Å². The van der Waals surface area contributed by atoms with Crippen molar-refractivity contribution in [3.63, 3.8) is 0 Å². The first-order valence-corrected chi connectivity index (χ1v) is 7.56. The first-order chi connectivity index (χ1) is 9.69. The van der Waals surface area contributed by atoms with E-state index in [1.807, 2.05) is 24.3 Å². The highest BCUT2D eigenvalue weighted by Gasteiger charge is 2.08. The quantitative estimate of drug-likeness (QED) is 0.861. The maximum Gasteiger partial charge on any atom is 0.226 e. The standard InChI is InChI=1S/C14H16ClN3OS/c15-12-5-2-1-4-10(12)8-11-9-17-14(20-11)18-13(19)6-3-7-16/h1-2,4-5,9H,3,6-8,16H2,(H,17,18,19). The molecule has 20 heavy (non-hydrogen) atoms. The molecule has 0 fully saturated rings. The van der Waals surface area contributed by atoms with Crippen molar-refractivity contribution in [1.82, 2.24) is 4.98 Å². The highest BCUT2D eigenvalue weighted by molar-refractivity contribution is 7.15. The van der Waals surface area contributed by atoms with Crippen LogP contribution in [0.3, 0.4) is 0 Å². The molecule has 0 aliphatic heterocycles. The highest BCUT2D eigenvalue weighted by Crippen LogP contribution is 2.24. The number of nitrogens with one attached hydrogen (secondary N) is 1. The molecule has 6 heteroatoms. The van der Waals surface area contributed by atoms with E-state index in [2.05, 4.69) is 10.3 Å². The molecule has 3 N–H and O–H groups in total. The fourth-order valence-electron chi connectivity index (χ4n) is 1.72. The van der Waals surface area contributed by atoms with Gasteiger partial charge < -0.3 is 11.1 Å². The van der Waals surface area contributed by atoms with Crippen molar-refractivity contribution in [2.75, 3.05) is 11.9 Å². The van der Waals surface area contributed by atoms with Crippen molar-refractivity contribution in [2.24, 2.45) is 5.73 Å². The van der Waals surface area contributed by atoms with Crippen LogP contribution >= 0.6 is 22.9 Å². The molecule has 0 bridgehead atoms. The molecular weight excluding hydrogens is 294 g/mol. The Morgan fingerprint density at radius 3 is 2.95 bits per heavy atom. The summed E-state index contributed by atoms with van der Waals surface area (Å²) in [7, 11) is 0. The molecule has 0 unspecified atom stereocenters. The van der Waals surface area contributed by atoms with Gasteiger partial charge in [0, 0.05) is 28.9 Å². The third-order valence-electron chi connectivity index (χ3n) is 2.73. The van der Waals surface area contributed by atoms with Gasteiger partial charge in [-0.3, -0.25) is 4.79 Å². The first-order valence-electron chi connectivity index (χ1n) is 6.37. The second-order valence-corrected chi connectivity index (χ2v) is 5.86. The molecule has 0 radical (unpaired) electrons. The van der Waals surface area contributed by atoms with Crippen LogP contribution < -0.4 is 11.1 Å². The minimum atomic E-state index is -0.0471. The number of aromatic nitrogens is 1. The van der Waals surface area contributed by atoms with E-state index in [1.54, 1.807) is 6.20 Å². The van der Waals surface area contributed by atoms with Gasteiger partial charge in [0.1, 0.15) is 0 Å². The van der Waals surface area contributed by atoms with E-state index in [4.69, 9.17) is 17.3 Å². The van der Waals surface area contributed by atoms with Gasteiger partial charge in [-0.2, -0.15) is 0 Å². The lowest BCUT2D eigenvalue weighted by atomic mass is 10.1. The summed E-state index contributed by atoms with van der Waals surface area (Å²) < 4.78 is 0. The average Bonchev–Trinajstić information content (AvgIpc) is 2.86. The van der Waals surface area contributed by atoms with E-state index in [0.717, 1.165) is 21.9 Å². The van der Waals surface area contributed by atoms with E-state index < -0.39 is 0 Å². The van der Waals surface area contributed by atoms with Crippen LogP contribution in [-0.4, -0.2) is 17.4 Å². The number of anilines is 1. The van der Waals surface area contributed by atoms with Gasteiger partial charge in [-0.05, 0) is 24.6 Å². The van der Waals surface area contributed by atoms with Crippen molar-refractivity contribution in [1.29, 1.82) is 0 Å². The number of carbonyl (C=O) groups is 1. The molecule has 0 aliphatic rings. The summed E-state index contributed by atoms with van der Waals surface area (Å²) in [5.41, 5.74) is 6.42. The Hall–Kier alpha value is -1.43. The molecule has 106 valence electrons. The van der Waals surface area contributed by atoms with E-state index in [0.29, 0.717) is 24.5 Å². The van der Waals surface area contributed by atoms with E-state index in [-0.39, 0.29) is 5.91 Å². The molecule has 0 aliphatic carbocycles. The highest BCUT2D eigenvalue weighted by atomic mass is 35.5. The molecule has 0 spiro atoms. The van der Waals surface area contributed by atoms with Crippen molar-refractivity contribution in [2.45, 2.75) is 19.3 Å². The van der Waals surface area contributed by atoms with Crippen LogP contribution in [0.5, 0.6) is 0 Å². The Morgan fingerprint density at radius 1 is 1.40 bits per heavy atom. The zero-order valence-corrected chi connectivity index (χ0v) is 12.5. The van der Waals surface area contributed by atoms with Gasteiger partial charge in [-0.15, -0.1) is 11.3 Å². The summed E-state index contributed by atoms with van der Waals surface area (Å²) in [5.74, 6) is -0.0471. The number of benzene rings is 1. The van der Waals surface area contributed by atoms with Gasteiger partial charge in [0.2, 0.25) is 5.91 Å². The zero-order chi connectivity index (χ0) is 14.4. The molecule has 1 amide bonds. The van der Waals surface area contributed by atoms with Crippen LogP contribution in [0.4, 0.5) is 5.13 Å². The fraction of sp³-hybridized carbons (Fsp3) is 0.286. The topological polar surface area (TPSA) is 68.0 Å². The Morgan fingerprint density at radius 2 is 2.20 bits per heavy atom. The molecule has 1 aromatic carbocycles. The van der Waals surface area contributed by atoms with Gasteiger partial charge in [0.05, 0.1) is 0 Å². The van der Waals surface area contributed by atoms with Crippen LogP contribution in [0.15, 0.2) is 30.5 Å². The molecule has 4 nitrogen and oxygen atoms in total. The zero-order valence-electron chi connectivity index (χ0n) is 10.9. The van der Waals surface area contributed by atoms with Gasteiger partial charge >= 0.3 is 0 Å². The Labute approximate surface area is 127 Å². The summed E-state index contributed by atoms with van der Waals surface area (Å²) >= 11 is 7.59. The molecule has 2 rings (SSSR count). The van der Waals surface area contributed by atoms with Gasteiger partial charge in [-0.25, -0.2) is 4.98 Å². The Kier molecular flexibility index (Phi) is 5.52. The van der Waals surface area contributed by atoms with E-state index in [9.17, 15) is 4.79 Å². The SMILES string of the molecule is NCCCC(=O)Nc1ncc(Cc2ccccc2Cl)s1. The number of amides is 1. The van der Waals surface area contributed by atoms with Gasteiger partial charge in [-0.1, -0.05) is 29.8 Å². The maximum absolute atomic E-state index is 11.6. The number of nitrogens with two attached hydrogens (primary N) is 1. The van der Waals surface area contributed by atoms with Crippen LogP contribution in [0.2, 0.25) is 5.02 Å². The summed E-state index contributed by atoms with van der Waals surface area (Å²) in [6.07, 6.45) is 3.60. The minimum Gasteiger partial charge on any atom is -0.330 e. The molecule has 2 aromatic rings. The average molecular weight is 310 g/mol. The molecule has 0 atom stereocenters. The van der Waals surface area contributed by atoms with Crippen molar-refractivity contribution in [3.8, 4) is 0 Å². The second-order valence-electron chi connectivity index (χ2n) is 4.34. The third-order valence-corrected chi connectivity index (χ3v) is 4.01. The number of hydrogen-bond acceptors (Lipinski definition) is 4. The third kappa shape index (κ3) is 4.30. The summed E-state index contributed by atoms with van der Waals surface area (Å²) in [5, 5.41) is 4.14. The largest absolute Gasteiger partial charge is 0.330 e. The number of carbonyl (C=O) groups excluding carboxylic acids is 1. The molecule has 1 aromatic heterocycles.